The largest absolute Gasteiger partial charge is 0.497 e. The summed E-state index contributed by atoms with van der Waals surface area (Å²) in [5.74, 6) is 1.30. The van der Waals surface area contributed by atoms with Crippen LogP contribution < -0.4 is 10.1 Å². The quantitative estimate of drug-likeness (QED) is 0.914. The van der Waals surface area contributed by atoms with Gasteiger partial charge in [-0.15, -0.1) is 0 Å². The van der Waals surface area contributed by atoms with Crippen LogP contribution in [0.3, 0.4) is 0 Å². The highest BCUT2D eigenvalue weighted by molar-refractivity contribution is 5.77. The molecule has 0 saturated carbocycles. The summed E-state index contributed by atoms with van der Waals surface area (Å²) in [5, 5.41) is 3.36. The van der Waals surface area contributed by atoms with Gasteiger partial charge >= 0.3 is 0 Å². The fourth-order valence-electron chi connectivity index (χ4n) is 2.62. The molecule has 1 saturated heterocycles. The van der Waals surface area contributed by atoms with E-state index in [1.54, 1.807) is 7.11 Å². The van der Waals surface area contributed by atoms with E-state index in [1.165, 1.54) is 0 Å². The van der Waals surface area contributed by atoms with Crippen molar-refractivity contribution >= 4 is 5.91 Å². The summed E-state index contributed by atoms with van der Waals surface area (Å²) in [7, 11) is 1.66. The van der Waals surface area contributed by atoms with Crippen molar-refractivity contribution in [2.45, 2.75) is 32.2 Å². The van der Waals surface area contributed by atoms with Crippen molar-refractivity contribution in [1.29, 1.82) is 0 Å². The third-order valence-corrected chi connectivity index (χ3v) is 3.87. The van der Waals surface area contributed by atoms with Gasteiger partial charge < -0.3 is 15.0 Å². The minimum atomic E-state index is 0.211. The monoisotopic (exact) mass is 276 g/mol. The number of methoxy groups -OCH3 is 1. The smallest absolute Gasteiger partial charge is 0.223 e. The Morgan fingerprint density at radius 2 is 2.35 bits per heavy atom. The number of amides is 1. The van der Waals surface area contributed by atoms with Crippen LogP contribution in [0.25, 0.3) is 0 Å². The molecule has 1 N–H and O–H groups in total. The average Bonchev–Trinajstić information content (AvgIpc) is 2.47. The van der Waals surface area contributed by atoms with Gasteiger partial charge in [0.1, 0.15) is 5.75 Å². The summed E-state index contributed by atoms with van der Waals surface area (Å²) in [6.07, 6.45) is 0.555. The van der Waals surface area contributed by atoms with Gasteiger partial charge in [-0.1, -0.05) is 19.1 Å². The predicted molar refractivity (Wildman–Crippen MR) is 80.1 cm³/mol. The van der Waals surface area contributed by atoms with Gasteiger partial charge in [0, 0.05) is 32.1 Å². The van der Waals surface area contributed by atoms with Gasteiger partial charge in [-0.25, -0.2) is 0 Å². The topological polar surface area (TPSA) is 41.6 Å². The van der Waals surface area contributed by atoms with Gasteiger partial charge in [-0.05, 0) is 30.5 Å². The zero-order valence-corrected chi connectivity index (χ0v) is 12.6. The van der Waals surface area contributed by atoms with Crippen LogP contribution in [-0.2, 0) is 4.79 Å². The lowest BCUT2D eigenvalue weighted by atomic mass is 9.96. The summed E-state index contributed by atoms with van der Waals surface area (Å²) in [4.78, 5) is 14.3. The number of hydrogen-bond acceptors (Lipinski definition) is 3. The average molecular weight is 276 g/mol. The minimum Gasteiger partial charge on any atom is -0.497 e. The Kier molecular flexibility index (Phi) is 5.01. The molecule has 1 heterocycles. The van der Waals surface area contributed by atoms with Crippen LogP contribution in [0.4, 0.5) is 0 Å². The summed E-state index contributed by atoms with van der Waals surface area (Å²) in [6.45, 7) is 6.72. The van der Waals surface area contributed by atoms with E-state index in [1.807, 2.05) is 23.1 Å². The van der Waals surface area contributed by atoms with Crippen LogP contribution >= 0.6 is 0 Å². The molecule has 1 aliphatic rings. The number of carbonyl (C=O) groups excluding carboxylic acids is 1. The van der Waals surface area contributed by atoms with Gasteiger partial charge in [0.25, 0.3) is 0 Å². The summed E-state index contributed by atoms with van der Waals surface area (Å²) in [6, 6.07) is 8.36. The first kappa shape index (κ1) is 14.9. The molecule has 1 aromatic carbocycles. The van der Waals surface area contributed by atoms with Gasteiger partial charge in [-0.2, -0.15) is 0 Å². The summed E-state index contributed by atoms with van der Waals surface area (Å²) >= 11 is 0. The Morgan fingerprint density at radius 3 is 3.05 bits per heavy atom. The van der Waals surface area contributed by atoms with Crippen molar-refractivity contribution in [3.8, 4) is 5.75 Å². The molecule has 1 amide bonds. The fraction of sp³-hybridized carbons (Fsp3) is 0.562. The Morgan fingerprint density at radius 1 is 1.55 bits per heavy atom. The molecule has 4 heteroatoms. The van der Waals surface area contributed by atoms with Crippen LogP contribution in [0.2, 0.25) is 0 Å². The zero-order chi connectivity index (χ0) is 14.5. The maximum Gasteiger partial charge on any atom is 0.223 e. The number of nitrogens with one attached hydrogen (secondary N) is 1. The van der Waals surface area contributed by atoms with Crippen molar-refractivity contribution in [2.75, 3.05) is 26.7 Å². The second kappa shape index (κ2) is 6.75. The molecule has 0 aromatic heterocycles. The SMILES string of the molecule is COc1cccc([C@@H](C)CC(=O)N2CCN[C@@H](C)C2)c1. The van der Waals surface area contributed by atoms with E-state index in [9.17, 15) is 4.79 Å². The molecule has 0 aliphatic carbocycles. The lowest BCUT2D eigenvalue weighted by molar-refractivity contribution is -0.132. The highest BCUT2D eigenvalue weighted by Crippen LogP contribution is 2.24. The molecule has 110 valence electrons. The molecule has 20 heavy (non-hydrogen) atoms. The van der Waals surface area contributed by atoms with Crippen molar-refractivity contribution in [1.82, 2.24) is 10.2 Å². The standard InChI is InChI=1S/C16H24N2O2/c1-12(14-5-4-6-15(10-14)20-3)9-16(19)18-8-7-17-13(2)11-18/h4-6,10,12-13,17H,7-9,11H2,1-3H3/t12-,13-/m0/s1. The third-order valence-electron chi connectivity index (χ3n) is 3.87. The molecule has 0 radical (unpaired) electrons. The van der Waals surface area contributed by atoms with E-state index in [0.717, 1.165) is 30.9 Å². The van der Waals surface area contributed by atoms with E-state index in [0.29, 0.717) is 12.5 Å². The van der Waals surface area contributed by atoms with Gasteiger partial charge in [-0.3, -0.25) is 4.79 Å². The number of hydrogen-bond donors (Lipinski definition) is 1. The first-order valence-electron chi connectivity index (χ1n) is 7.25. The Hall–Kier alpha value is -1.55. The fourth-order valence-corrected chi connectivity index (χ4v) is 2.62. The van der Waals surface area contributed by atoms with Crippen LogP contribution in [0, 0.1) is 0 Å². The Bertz CT molecular complexity index is 462. The molecular weight excluding hydrogens is 252 g/mol. The van der Waals surface area contributed by atoms with E-state index in [4.69, 9.17) is 4.74 Å². The molecule has 0 spiro atoms. The first-order chi connectivity index (χ1) is 9.60. The highest BCUT2D eigenvalue weighted by atomic mass is 16.5. The molecule has 1 aromatic rings. The van der Waals surface area contributed by atoms with Gasteiger partial charge in [0.05, 0.1) is 7.11 Å². The molecule has 2 rings (SSSR count). The lowest BCUT2D eigenvalue weighted by Gasteiger charge is -2.32. The molecule has 0 unspecified atom stereocenters. The number of piperazine rings is 1. The number of nitrogens with zero attached hydrogens (tertiary/aromatic N) is 1. The number of carbonyl (C=O) groups is 1. The summed E-state index contributed by atoms with van der Waals surface area (Å²) < 4.78 is 5.24. The molecule has 0 bridgehead atoms. The second-order valence-electron chi connectivity index (χ2n) is 5.58. The molecule has 1 aliphatic heterocycles. The Labute approximate surface area is 121 Å². The van der Waals surface area contributed by atoms with Crippen LogP contribution in [0.15, 0.2) is 24.3 Å². The number of benzene rings is 1. The van der Waals surface area contributed by atoms with Crippen molar-refractivity contribution in [3.63, 3.8) is 0 Å². The highest BCUT2D eigenvalue weighted by Gasteiger charge is 2.22. The lowest BCUT2D eigenvalue weighted by Crippen LogP contribution is -2.51. The zero-order valence-electron chi connectivity index (χ0n) is 12.6. The van der Waals surface area contributed by atoms with Crippen molar-refractivity contribution < 1.29 is 9.53 Å². The van der Waals surface area contributed by atoms with E-state index in [-0.39, 0.29) is 11.8 Å². The van der Waals surface area contributed by atoms with Crippen LogP contribution in [-0.4, -0.2) is 43.6 Å². The first-order valence-corrected chi connectivity index (χ1v) is 7.25. The van der Waals surface area contributed by atoms with Crippen LogP contribution in [0.1, 0.15) is 31.7 Å². The van der Waals surface area contributed by atoms with Crippen molar-refractivity contribution in [2.24, 2.45) is 0 Å². The predicted octanol–water partition coefficient (Wildman–Crippen LogP) is 2.01. The maximum atomic E-state index is 12.3. The molecule has 2 atom stereocenters. The van der Waals surface area contributed by atoms with Crippen LogP contribution in [0.5, 0.6) is 5.75 Å². The normalized spacial score (nSPS) is 20.6. The minimum absolute atomic E-state index is 0.211. The van der Waals surface area contributed by atoms with Crippen molar-refractivity contribution in [3.05, 3.63) is 29.8 Å². The number of rotatable bonds is 4. The van der Waals surface area contributed by atoms with E-state index >= 15 is 0 Å². The summed E-state index contributed by atoms with van der Waals surface area (Å²) in [5.41, 5.74) is 1.15. The van der Waals surface area contributed by atoms with E-state index < -0.39 is 0 Å². The van der Waals surface area contributed by atoms with Gasteiger partial charge in [0.2, 0.25) is 5.91 Å². The van der Waals surface area contributed by atoms with E-state index in [2.05, 4.69) is 25.2 Å². The molecular formula is C16H24N2O2. The molecule has 1 fully saturated rings. The Balaban J connectivity index is 1.96. The number of ether oxygens (including phenoxy) is 1. The molecule has 4 nitrogen and oxygen atoms in total. The second-order valence-corrected chi connectivity index (χ2v) is 5.58. The van der Waals surface area contributed by atoms with Gasteiger partial charge in [0.15, 0.2) is 0 Å². The maximum absolute atomic E-state index is 12.3. The third kappa shape index (κ3) is 3.73.